The van der Waals surface area contributed by atoms with Gasteiger partial charge < -0.3 is 5.73 Å². The Morgan fingerprint density at radius 3 is 2.44 bits per heavy atom. The zero-order chi connectivity index (χ0) is 13.5. The average molecular weight is 268 g/mol. The Morgan fingerprint density at radius 1 is 1.28 bits per heavy atom. The van der Waals surface area contributed by atoms with Crippen LogP contribution in [-0.2, 0) is 10.0 Å². The lowest BCUT2D eigenvalue weighted by Crippen LogP contribution is -2.34. The fraction of sp³-hybridized carbons (Fsp3) is 0.538. The standard InChI is InChI=1S/C13H20N2O2S/c1-9-5-12(14)7-13(6-9)18(16,17)15-8-10(2)4-11(15)3/h5-7,10-11H,4,8,14H2,1-3H3. The highest BCUT2D eigenvalue weighted by Gasteiger charge is 2.36. The van der Waals surface area contributed by atoms with Gasteiger partial charge in [-0.25, -0.2) is 8.42 Å². The Hall–Kier alpha value is -1.07. The van der Waals surface area contributed by atoms with E-state index in [-0.39, 0.29) is 6.04 Å². The lowest BCUT2D eigenvalue weighted by Gasteiger charge is -2.21. The number of rotatable bonds is 2. The molecule has 0 amide bonds. The zero-order valence-corrected chi connectivity index (χ0v) is 11.9. The summed E-state index contributed by atoms with van der Waals surface area (Å²) in [4.78, 5) is 0.306. The third-order valence-electron chi connectivity index (χ3n) is 3.41. The Bertz CT molecular complexity index is 534. The smallest absolute Gasteiger partial charge is 0.243 e. The lowest BCUT2D eigenvalue weighted by molar-refractivity contribution is 0.405. The van der Waals surface area contributed by atoms with Crippen molar-refractivity contribution < 1.29 is 8.42 Å². The van der Waals surface area contributed by atoms with Gasteiger partial charge in [-0.1, -0.05) is 6.92 Å². The number of anilines is 1. The van der Waals surface area contributed by atoms with Crippen molar-refractivity contribution in [2.45, 2.75) is 38.1 Å². The molecule has 1 saturated heterocycles. The van der Waals surface area contributed by atoms with E-state index in [1.165, 1.54) is 6.07 Å². The van der Waals surface area contributed by atoms with Gasteiger partial charge in [-0.2, -0.15) is 4.31 Å². The van der Waals surface area contributed by atoms with Gasteiger partial charge in [-0.05, 0) is 49.9 Å². The first kappa shape index (κ1) is 13.4. The Morgan fingerprint density at radius 2 is 1.94 bits per heavy atom. The molecule has 18 heavy (non-hydrogen) atoms. The van der Waals surface area contributed by atoms with Crippen molar-refractivity contribution in [1.29, 1.82) is 0 Å². The van der Waals surface area contributed by atoms with Gasteiger partial charge in [0.2, 0.25) is 10.0 Å². The van der Waals surface area contributed by atoms with Crippen LogP contribution >= 0.6 is 0 Å². The lowest BCUT2D eigenvalue weighted by atomic mass is 10.1. The van der Waals surface area contributed by atoms with Gasteiger partial charge in [0, 0.05) is 18.3 Å². The summed E-state index contributed by atoms with van der Waals surface area (Å²) in [7, 11) is -3.41. The Kier molecular flexibility index (Phi) is 3.38. The van der Waals surface area contributed by atoms with Crippen LogP contribution in [0.25, 0.3) is 0 Å². The molecule has 100 valence electrons. The largest absolute Gasteiger partial charge is 0.399 e. The predicted octanol–water partition coefficient (Wildman–Crippen LogP) is 2.00. The molecule has 0 bridgehead atoms. The summed E-state index contributed by atoms with van der Waals surface area (Å²) in [6.45, 7) is 6.49. The molecule has 0 aliphatic carbocycles. The van der Waals surface area contributed by atoms with Crippen molar-refractivity contribution in [3.05, 3.63) is 23.8 Å². The highest BCUT2D eigenvalue weighted by molar-refractivity contribution is 7.89. The van der Waals surface area contributed by atoms with Crippen LogP contribution in [0.15, 0.2) is 23.1 Å². The highest BCUT2D eigenvalue weighted by atomic mass is 32.2. The van der Waals surface area contributed by atoms with E-state index in [4.69, 9.17) is 5.73 Å². The summed E-state index contributed by atoms with van der Waals surface area (Å²) in [6, 6.07) is 5.06. The van der Waals surface area contributed by atoms with Gasteiger partial charge in [-0.3, -0.25) is 0 Å². The summed E-state index contributed by atoms with van der Waals surface area (Å²) in [5, 5.41) is 0. The third kappa shape index (κ3) is 2.37. The number of aryl methyl sites for hydroxylation is 1. The monoisotopic (exact) mass is 268 g/mol. The van der Waals surface area contributed by atoms with E-state index >= 15 is 0 Å². The maximum atomic E-state index is 12.6. The van der Waals surface area contributed by atoms with Crippen molar-refractivity contribution >= 4 is 15.7 Å². The van der Waals surface area contributed by atoms with Gasteiger partial charge >= 0.3 is 0 Å². The second-order valence-electron chi connectivity index (χ2n) is 5.34. The van der Waals surface area contributed by atoms with Crippen LogP contribution < -0.4 is 5.73 Å². The predicted molar refractivity (Wildman–Crippen MR) is 72.7 cm³/mol. The van der Waals surface area contributed by atoms with Crippen LogP contribution in [0.3, 0.4) is 0 Å². The first-order valence-electron chi connectivity index (χ1n) is 6.19. The van der Waals surface area contributed by atoms with E-state index in [1.807, 2.05) is 13.8 Å². The fourth-order valence-electron chi connectivity index (χ4n) is 2.66. The Labute approximate surface area is 109 Å². The quantitative estimate of drug-likeness (QED) is 0.834. The van der Waals surface area contributed by atoms with E-state index in [1.54, 1.807) is 16.4 Å². The molecular weight excluding hydrogens is 248 g/mol. The normalized spacial score (nSPS) is 25.5. The van der Waals surface area contributed by atoms with E-state index < -0.39 is 10.0 Å². The van der Waals surface area contributed by atoms with Crippen molar-refractivity contribution in [1.82, 2.24) is 4.31 Å². The minimum absolute atomic E-state index is 0.0618. The summed E-state index contributed by atoms with van der Waals surface area (Å²) in [5.41, 5.74) is 7.10. The average Bonchev–Trinajstić information content (AvgIpc) is 2.57. The molecule has 2 rings (SSSR count). The number of nitrogens with two attached hydrogens (primary N) is 1. The topological polar surface area (TPSA) is 63.4 Å². The first-order valence-corrected chi connectivity index (χ1v) is 7.63. The number of sulfonamides is 1. The molecule has 2 unspecified atom stereocenters. The molecule has 2 atom stereocenters. The van der Waals surface area contributed by atoms with E-state index in [2.05, 4.69) is 6.92 Å². The molecule has 4 nitrogen and oxygen atoms in total. The van der Waals surface area contributed by atoms with E-state index in [0.29, 0.717) is 23.0 Å². The van der Waals surface area contributed by atoms with Crippen LogP contribution in [0.2, 0.25) is 0 Å². The molecule has 1 aliphatic heterocycles. The molecule has 1 aromatic rings. The van der Waals surface area contributed by atoms with Crippen molar-refractivity contribution in [2.75, 3.05) is 12.3 Å². The molecule has 1 aromatic carbocycles. The summed E-state index contributed by atoms with van der Waals surface area (Å²) in [6.07, 6.45) is 0.917. The first-order chi connectivity index (χ1) is 8.30. The van der Waals surface area contributed by atoms with Crippen LogP contribution in [0.5, 0.6) is 0 Å². The van der Waals surface area contributed by atoms with E-state index in [9.17, 15) is 8.42 Å². The zero-order valence-electron chi connectivity index (χ0n) is 11.1. The molecular formula is C13H20N2O2S. The van der Waals surface area contributed by atoms with Crippen LogP contribution in [0.1, 0.15) is 25.8 Å². The van der Waals surface area contributed by atoms with Crippen molar-refractivity contribution in [3.63, 3.8) is 0 Å². The van der Waals surface area contributed by atoms with Crippen LogP contribution in [-0.4, -0.2) is 25.3 Å². The molecule has 0 aromatic heterocycles. The summed E-state index contributed by atoms with van der Waals surface area (Å²) >= 11 is 0. The van der Waals surface area contributed by atoms with Gasteiger partial charge in [-0.15, -0.1) is 0 Å². The van der Waals surface area contributed by atoms with E-state index in [0.717, 1.165) is 12.0 Å². The molecule has 1 fully saturated rings. The van der Waals surface area contributed by atoms with Crippen molar-refractivity contribution in [2.24, 2.45) is 5.92 Å². The van der Waals surface area contributed by atoms with Crippen molar-refractivity contribution in [3.8, 4) is 0 Å². The van der Waals surface area contributed by atoms with Crippen LogP contribution in [0, 0.1) is 12.8 Å². The minimum atomic E-state index is -3.41. The van der Waals surface area contributed by atoms with Gasteiger partial charge in [0.05, 0.1) is 4.90 Å². The molecule has 1 aliphatic rings. The molecule has 1 heterocycles. The highest BCUT2D eigenvalue weighted by Crippen LogP contribution is 2.30. The second-order valence-corrected chi connectivity index (χ2v) is 7.23. The summed E-state index contributed by atoms with van der Waals surface area (Å²) < 4.78 is 26.7. The SMILES string of the molecule is Cc1cc(N)cc(S(=O)(=O)N2CC(C)CC2C)c1. The number of hydrogen-bond donors (Lipinski definition) is 1. The number of nitrogen functional groups attached to an aromatic ring is 1. The maximum Gasteiger partial charge on any atom is 0.243 e. The number of nitrogens with zero attached hydrogens (tertiary/aromatic N) is 1. The number of benzene rings is 1. The molecule has 2 N–H and O–H groups in total. The summed E-state index contributed by atoms with van der Waals surface area (Å²) in [5.74, 6) is 0.414. The molecule has 5 heteroatoms. The Balaban J connectivity index is 2.42. The third-order valence-corrected chi connectivity index (χ3v) is 5.36. The second kappa shape index (κ2) is 4.55. The van der Waals surface area contributed by atoms with Gasteiger partial charge in [0.1, 0.15) is 0 Å². The van der Waals surface area contributed by atoms with Gasteiger partial charge in [0.25, 0.3) is 0 Å². The molecule has 0 radical (unpaired) electrons. The van der Waals surface area contributed by atoms with Gasteiger partial charge in [0.15, 0.2) is 0 Å². The molecule has 0 spiro atoms. The number of hydrogen-bond acceptors (Lipinski definition) is 3. The molecule has 0 saturated carbocycles. The maximum absolute atomic E-state index is 12.6. The van der Waals surface area contributed by atoms with Crippen LogP contribution in [0.4, 0.5) is 5.69 Å². The minimum Gasteiger partial charge on any atom is -0.399 e. The fourth-order valence-corrected chi connectivity index (χ4v) is 4.56.